The van der Waals surface area contributed by atoms with Crippen LogP contribution in [-0.2, 0) is 0 Å². The minimum Gasteiger partial charge on any atom is -0.478 e. The van der Waals surface area contributed by atoms with Gasteiger partial charge in [-0.25, -0.2) is 4.79 Å². The average molecular weight is 223 g/mol. The monoisotopic (exact) mass is 223 g/mol. The third kappa shape index (κ3) is 1.80. The van der Waals surface area contributed by atoms with Crippen LogP contribution >= 0.6 is 0 Å². The molecular weight excluding hydrogens is 210 g/mol. The highest BCUT2D eigenvalue weighted by atomic mass is 16.4. The van der Waals surface area contributed by atoms with Crippen LogP contribution in [0.3, 0.4) is 0 Å². The third-order valence-corrected chi connectivity index (χ3v) is 2.87. The van der Waals surface area contributed by atoms with Crippen molar-refractivity contribution in [3.63, 3.8) is 0 Å². The van der Waals surface area contributed by atoms with Crippen molar-refractivity contribution >= 4 is 11.9 Å². The standard InChI is InChI=1S/C11H13NO4/c1-7-3-2-4-12(7)10(13)9-5-8(6-16-9)11(14)15/h5-7H,2-4H2,1H3,(H,14,15). The zero-order valence-corrected chi connectivity index (χ0v) is 8.97. The first-order chi connectivity index (χ1) is 7.59. The average Bonchev–Trinajstić information content (AvgIpc) is 2.84. The Morgan fingerprint density at radius 1 is 1.56 bits per heavy atom. The maximum atomic E-state index is 11.9. The molecule has 86 valence electrons. The molecule has 1 aromatic rings. The molecule has 1 N–H and O–H groups in total. The topological polar surface area (TPSA) is 70.8 Å². The van der Waals surface area contributed by atoms with E-state index in [0.29, 0.717) is 6.54 Å². The van der Waals surface area contributed by atoms with Gasteiger partial charge >= 0.3 is 5.97 Å². The van der Waals surface area contributed by atoms with Crippen molar-refractivity contribution in [3.8, 4) is 0 Å². The fourth-order valence-corrected chi connectivity index (χ4v) is 1.94. The molecule has 1 amide bonds. The molecule has 5 heteroatoms. The number of likely N-dealkylation sites (tertiary alicyclic amines) is 1. The summed E-state index contributed by atoms with van der Waals surface area (Å²) in [7, 11) is 0. The van der Waals surface area contributed by atoms with Crippen molar-refractivity contribution in [1.82, 2.24) is 4.90 Å². The molecule has 5 nitrogen and oxygen atoms in total. The molecule has 1 aliphatic rings. The van der Waals surface area contributed by atoms with Gasteiger partial charge in [0.15, 0.2) is 5.76 Å². The maximum absolute atomic E-state index is 11.9. The van der Waals surface area contributed by atoms with E-state index in [1.807, 2.05) is 6.92 Å². The van der Waals surface area contributed by atoms with Gasteiger partial charge in [-0.15, -0.1) is 0 Å². The van der Waals surface area contributed by atoms with Crippen LogP contribution in [0.1, 0.15) is 40.7 Å². The van der Waals surface area contributed by atoms with E-state index in [9.17, 15) is 9.59 Å². The molecule has 1 unspecified atom stereocenters. The van der Waals surface area contributed by atoms with Crippen molar-refractivity contribution < 1.29 is 19.1 Å². The first kappa shape index (κ1) is 10.7. The van der Waals surface area contributed by atoms with Crippen molar-refractivity contribution in [2.45, 2.75) is 25.8 Å². The summed E-state index contributed by atoms with van der Waals surface area (Å²) in [5, 5.41) is 8.71. The van der Waals surface area contributed by atoms with E-state index in [1.54, 1.807) is 4.90 Å². The first-order valence-corrected chi connectivity index (χ1v) is 5.22. The number of carbonyl (C=O) groups excluding carboxylic acids is 1. The zero-order chi connectivity index (χ0) is 11.7. The fourth-order valence-electron chi connectivity index (χ4n) is 1.94. The molecular formula is C11H13NO4. The van der Waals surface area contributed by atoms with E-state index in [1.165, 1.54) is 6.07 Å². The second kappa shape index (κ2) is 4.00. The highest BCUT2D eigenvalue weighted by Crippen LogP contribution is 2.20. The summed E-state index contributed by atoms with van der Waals surface area (Å²) in [5.74, 6) is -1.21. The quantitative estimate of drug-likeness (QED) is 0.826. The minimum absolute atomic E-state index is 0.00944. The SMILES string of the molecule is CC1CCCN1C(=O)c1cc(C(=O)O)co1. The summed E-state index contributed by atoms with van der Waals surface area (Å²) >= 11 is 0. The van der Waals surface area contributed by atoms with Crippen LogP contribution in [0.5, 0.6) is 0 Å². The molecule has 0 bridgehead atoms. The molecule has 16 heavy (non-hydrogen) atoms. The number of amides is 1. The lowest BCUT2D eigenvalue weighted by atomic mass is 10.2. The molecule has 0 radical (unpaired) electrons. The van der Waals surface area contributed by atoms with Crippen LogP contribution in [0.15, 0.2) is 16.7 Å². The summed E-state index contributed by atoms with van der Waals surface area (Å²) in [6, 6.07) is 1.47. The molecule has 0 aliphatic carbocycles. The lowest BCUT2D eigenvalue weighted by molar-refractivity contribution is 0.0692. The van der Waals surface area contributed by atoms with Gasteiger partial charge in [0.2, 0.25) is 0 Å². The van der Waals surface area contributed by atoms with Gasteiger partial charge in [0.25, 0.3) is 5.91 Å². The van der Waals surface area contributed by atoms with Gasteiger partial charge in [-0.2, -0.15) is 0 Å². The van der Waals surface area contributed by atoms with Gasteiger partial charge in [0.1, 0.15) is 6.26 Å². The van der Waals surface area contributed by atoms with Crippen molar-refractivity contribution in [2.24, 2.45) is 0 Å². The fraction of sp³-hybridized carbons (Fsp3) is 0.455. The molecule has 1 saturated heterocycles. The second-order valence-electron chi connectivity index (χ2n) is 3.99. The predicted molar refractivity (Wildman–Crippen MR) is 55.4 cm³/mol. The van der Waals surface area contributed by atoms with Crippen molar-refractivity contribution in [3.05, 3.63) is 23.7 Å². The largest absolute Gasteiger partial charge is 0.478 e. The minimum atomic E-state index is -1.09. The van der Waals surface area contributed by atoms with Crippen LogP contribution in [-0.4, -0.2) is 34.5 Å². The lowest BCUT2D eigenvalue weighted by Gasteiger charge is -2.19. The van der Waals surface area contributed by atoms with Crippen molar-refractivity contribution in [1.29, 1.82) is 0 Å². The Hall–Kier alpha value is -1.78. The lowest BCUT2D eigenvalue weighted by Crippen LogP contribution is -2.33. The summed E-state index contributed by atoms with van der Waals surface area (Å²) in [5.41, 5.74) is 0.00944. The smallest absolute Gasteiger partial charge is 0.338 e. The number of aromatic carboxylic acids is 1. The Kier molecular flexibility index (Phi) is 2.68. The highest BCUT2D eigenvalue weighted by Gasteiger charge is 2.28. The molecule has 0 spiro atoms. The summed E-state index contributed by atoms with van der Waals surface area (Å²) in [6.07, 6.45) is 3.06. The molecule has 2 rings (SSSR count). The molecule has 1 aliphatic heterocycles. The van der Waals surface area contributed by atoms with Gasteiger partial charge in [-0.05, 0) is 19.8 Å². The first-order valence-electron chi connectivity index (χ1n) is 5.22. The molecule has 0 saturated carbocycles. The van der Waals surface area contributed by atoms with E-state index in [-0.39, 0.29) is 23.3 Å². The summed E-state index contributed by atoms with van der Waals surface area (Å²) in [4.78, 5) is 24.3. The predicted octanol–water partition coefficient (Wildman–Crippen LogP) is 1.60. The number of nitrogens with zero attached hydrogens (tertiary/aromatic N) is 1. The van der Waals surface area contributed by atoms with E-state index < -0.39 is 5.97 Å². The summed E-state index contributed by atoms with van der Waals surface area (Å²) in [6.45, 7) is 2.69. The molecule has 2 heterocycles. The third-order valence-electron chi connectivity index (χ3n) is 2.87. The van der Waals surface area contributed by atoms with Crippen molar-refractivity contribution in [2.75, 3.05) is 6.54 Å². The van der Waals surface area contributed by atoms with Gasteiger partial charge in [-0.1, -0.05) is 0 Å². The zero-order valence-electron chi connectivity index (χ0n) is 8.97. The van der Waals surface area contributed by atoms with E-state index in [2.05, 4.69) is 0 Å². The van der Waals surface area contributed by atoms with E-state index in [4.69, 9.17) is 9.52 Å². The Morgan fingerprint density at radius 2 is 2.31 bits per heavy atom. The molecule has 0 aromatic carbocycles. The Balaban J connectivity index is 2.17. The highest BCUT2D eigenvalue weighted by molar-refractivity contribution is 5.95. The Morgan fingerprint density at radius 3 is 2.81 bits per heavy atom. The number of furan rings is 1. The summed E-state index contributed by atoms with van der Waals surface area (Å²) < 4.78 is 4.98. The molecule has 1 fully saturated rings. The van der Waals surface area contributed by atoms with Crippen LogP contribution in [0.2, 0.25) is 0 Å². The Bertz CT molecular complexity index is 423. The number of hydrogen-bond acceptors (Lipinski definition) is 3. The number of rotatable bonds is 2. The van der Waals surface area contributed by atoms with E-state index >= 15 is 0 Å². The second-order valence-corrected chi connectivity index (χ2v) is 3.99. The van der Waals surface area contributed by atoms with Crippen LogP contribution in [0.25, 0.3) is 0 Å². The normalized spacial score (nSPS) is 20.1. The number of carboxylic acids is 1. The Labute approximate surface area is 92.7 Å². The van der Waals surface area contributed by atoms with E-state index in [0.717, 1.165) is 19.1 Å². The molecule has 1 atom stereocenters. The van der Waals surface area contributed by atoms with Crippen LogP contribution in [0.4, 0.5) is 0 Å². The van der Waals surface area contributed by atoms with Gasteiger partial charge in [-0.3, -0.25) is 4.79 Å². The van der Waals surface area contributed by atoms with Gasteiger partial charge in [0.05, 0.1) is 5.56 Å². The van der Waals surface area contributed by atoms with Gasteiger partial charge in [0, 0.05) is 18.7 Å². The maximum Gasteiger partial charge on any atom is 0.338 e. The van der Waals surface area contributed by atoms with Gasteiger partial charge < -0.3 is 14.4 Å². The van der Waals surface area contributed by atoms with Crippen LogP contribution < -0.4 is 0 Å². The number of carboxylic acid groups (broad SMARTS) is 1. The molecule has 1 aromatic heterocycles. The number of carbonyl (C=O) groups is 2. The number of hydrogen-bond donors (Lipinski definition) is 1. The van der Waals surface area contributed by atoms with Crippen LogP contribution in [0, 0.1) is 0 Å².